The average molecular weight is 315 g/mol. The average Bonchev–Trinajstić information content (AvgIpc) is 1.25. The molecule has 2 N–H and O–H groups in total. The fraction of sp³-hybridized carbons (Fsp3) is 0. The molecule has 0 aliphatic carbocycles. The van der Waals surface area contributed by atoms with Crippen molar-refractivity contribution in [3.05, 3.63) is 0 Å². The Morgan fingerprint density at radius 2 is 1.09 bits per heavy atom. The van der Waals surface area contributed by atoms with Gasteiger partial charge in [-0.15, -0.1) is 0 Å². The van der Waals surface area contributed by atoms with Crippen LogP contribution in [0.5, 0.6) is 0 Å². The van der Waals surface area contributed by atoms with Crippen molar-refractivity contribution in [1.82, 2.24) is 0 Å². The summed E-state index contributed by atoms with van der Waals surface area (Å²) in [4.78, 5) is 16.8. The first-order chi connectivity index (χ1) is 3.46. The first-order valence-electron chi connectivity index (χ1n) is 1.24. The second kappa shape index (κ2) is 22.5. The van der Waals surface area contributed by atoms with Gasteiger partial charge in [-0.3, -0.25) is 0 Å². The van der Waals surface area contributed by atoms with E-state index in [0.29, 0.717) is 0 Å². The van der Waals surface area contributed by atoms with Crippen LogP contribution in [0, 0.1) is 0 Å². The Bertz CT molecular complexity index is 74.4. The third kappa shape index (κ3) is 557. The van der Waals surface area contributed by atoms with Crippen LogP contribution in [-0.4, -0.2) is 110 Å². The third-order valence-electron chi connectivity index (χ3n) is 0. The van der Waals surface area contributed by atoms with Crippen molar-refractivity contribution in [3.8, 4) is 0 Å². The van der Waals surface area contributed by atoms with Gasteiger partial charge in [0.05, 0.1) is 0 Å². The van der Waals surface area contributed by atoms with Crippen molar-refractivity contribution in [1.29, 1.82) is 0 Å². The minimum atomic E-state index is -2.33. The fourth-order valence-electron chi connectivity index (χ4n) is 0. The zero-order valence-electron chi connectivity index (χ0n) is 5.35. The van der Waals surface area contributed by atoms with Gasteiger partial charge in [0, 0.05) is 0 Å². The van der Waals surface area contributed by atoms with Crippen LogP contribution in [0.3, 0.4) is 0 Å². The summed E-state index contributed by atoms with van der Waals surface area (Å²) in [5.74, 6) is 0. The summed E-state index contributed by atoms with van der Waals surface area (Å²) in [6.45, 7) is 0. The van der Waals surface area contributed by atoms with Crippen molar-refractivity contribution in [2.45, 2.75) is 0 Å². The molecule has 0 rings (SSSR count). The third-order valence-corrected chi connectivity index (χ3v) is 0. The van der Waals surface area contributed by atoms with E-state index >= 15 is 0 Å². The molecule has 0 unspecified atom stereocenters. The topological polar surface area (TPSA) is 154 Å². The molecule has 7 nitrogen and oxygen atoms in total. The maximum absolute atomic E-state index is 8.44. The smallest absolute Gasteiger partial charge is 0.870 e. The van der Waals surface area contributed by atoms with E-state index in [-0.39, 0.29) is 92.1 Å². The number of carbonyl (C=O) groups excluding carboxylic acids is 1. The van der Waals surface area contributed by atoms with E-state index in [1.54, 1.807) is 0 Å². The summed E-state index contributed by atoms with van der Waals surface area (Å²) < 4.78 is 0. The molecule has 0 saturated carbocycles. The van der Waals surface area contributed by atoms with Gasteiger partial charge in [-0.25, -0.2) is 0 Å². The van der Waals surface area contributed by atoms with Gasteiger partial charge >= 0.3 is 86.6 Å². The van der Waals surface area contributed by atoms with Gasteiger partial charge in [-0.2, -0.15) is 0 Å². The van der Waals surface area contributed by atoms with Gasteiger partial charge in [0.25, 0.3) is 0 Å². The summed E-state index contributed by atoms with van der Waals surface area (Å²) in [6, 6.07) is 0. The Morgan fingerprint density at radius 1 is 1.09 bits per heavy atom. The van der Waals surface area contributed by atoms with Gasteiger partial charge in [0.1, 0.15) is 0 Å². The molecule has 0 aliphatic heterocycles. The summed E-state index contributed by atoms with van der Waals surface area (Å²) in [5.41, 5.74) is 0. The van der Waals surface area contributed by atoms with Crippen LogP contribution in [0.1, 0.15) is 0 Å². The fourth-order valence-corrected chi connectivity index (χ4v) is 0. The summed E-state index contributed by atoms with van der Waals surface area (Å²) >= 11 is 0. The second-order valence-corrected chi connectivity index (χ2v) is 0.516. The van der Waals surface area contributed by atoms with Crippen molar-refractivity contribution in [2.75, 3.05) is 0 Å². The molecule has 0 aromatic carbocycles. The zero-order valence-corrected chi connectivity index (χ0v) is 12.0. The molecule has 0 fully saturated rings. The van der Waals surface area contributed by atoms with Crippen LogP contribution in [0.4, 0.5) is 9.59 Å². The van der Waals surface area contributed by atoms with Crippen molar-refractivity contribution in [2.24, 2.45) is 0 Å². The van der Waals surface area contributed by atoms with Crippen LogP contribution >= 0.6 is 0 Å². The molecule has 0 heterocycles. The number of carboxylic acid groups (broad SMARTS) is 4. The standard InChI is InChI=1S/2CH2O3.Ba.Ca.H2O/c2*2-1(3)4;;;/h2*(H2,2,3,4);;;1H2/q;;2*+2;/p-4. The molecule has 0 amide bonds. The van der Waals surface area contributed by atoms with Gasteiger partial charge in [0.15, 0.2) is 0 Å². The van der Waals surface area contributed by atoms with Gasteiger partial charge in [-0.1, -0.05) is 0 Å². The van der Waals surface area contributed by atoms with Crippen LogP contribution in [0.25, 0.3) is 0 Å². The van der Waals surface area contributed by atoms with E-state index in [0.717, 1.165) is 0 Å². The second-order valence-electron chi connectivity index (χ2n) is 0.516. The van der Waals surface area contributed by atoms with Crippen LogP contribution in [-0.2, 0) is 0 Å². The zero-order chi connectivity index (χ0) is 7.15. The number of hydrogen-bond acceptors (Lipinski definition) is 6. The van der Waals surface area contributed by atoms with Gasteiger partial charge in [0.2, 0.25) is 6.16 Å². The van der Waals surface area contributed by atoms with E-state index in [4.69, 9.17) is 30.0 Å². The first kappa shape index (κ1) is 29.5. The van der Waals surface area contributed by atoms with Crippen LogP contribution in [0.2, 0.25) is 0 Å². The summed E-state index contributed by atoms with van der Waals surface area (Å²) in [7, 11) is 0. The minimum Gasteiger partial charge on any atom is -0.870 e. The molecule has 0 aromatic rings. The molecule has 56 valence electrons. The van der Waals surface area contributed by atoms with E-state index < -0.39 is 12.3 Å². The quantitative estimate of drug-likeness (QED) is 0.442. The molecule has 0 saturated heterocycles. The predicted molar refractivity (Wildman–Crippen MR) is 26.9 cm³/mol. The normalized spacial score (nSPS) is 4.36. The molecule has 0 radical (unpaired) electrons. The Morgan fingerprint density at radius 3 is 1.09 bits per heavy atom. The molecular weight excluding hydrogens is 313 g/mol. The van der Waals surface area contributed by atoms with Gasteiger partial charge < -0.3 is 35.5 Å². The Hall–Kier alpha value is 1.33. The minimum absolute atomic E-state index is 0. The Balaban J connectivity index is -0.0000000171. The maximum Gasteiger partial charge on any atom is 2.00 e. The summed E-state index contributed by atoms with van der Waals surface area (Å²) in [6.07, 6.45) is -4.42. The number of carbonyl (C=O) groups is 2. The molecular formula is C2H2BaCaO7. The van der Waals surface area contributed by atoms with E-state index in [9.17, 15) is 0 Å². The van der Waals surface area contributed by atoms with Crippen molar-refractivity contribution < 1.29 is 35.5 Å². The van der Waals surface area contributed by atoms with E-state index in [1.807, 2.05) is 0 Å². The summed E-state index contributed by atoms with van der Waals surface area (Å²) in [5, 5.41) is 32.0. The monoisotopic (exact) mass is 316 g/mol. The van der Waals surface area contributed by atoms with E-state index in [2.05, 4.69) is 0 Å². The van der Waals surface area contributed by atoms with Crippen LogP contribution in [0.15, 0.2) is 0 Å². The maximum atomic E-state index is 8.44. The molecule has 0 spiro atoms. The number of hydrogen-bond donors (Lipinski definition) is 1. The van der Waals surface area contributed by atoms with Crippen LogP contribution < -0.4 is 15.3 Å². The molecule has 11 heavy (non-hydrogen) atoms. The predicted octanol–water partition coefficient (Wildman–Crippen LogP) is -4.50. The molecule has 0 bridgehead atoms. The SMILES string of the molecule is O=C([O-])O.O=C([O-])[O-].[Ba+2].[Ca+2].[OH-]. The molecule has 0 aromatic heterocycles. The van der Waals surface area contributed by atoms with Crippen molar-refractivity contribution in [3.63, 3.8) is 0 Å². The molecule has 0 aliphatic rings. The Kier molecular flexibility index (Phi) is 60.3. The molecule has 0 atom stereocenters. The largest absolute Gasteiger partial charge is 2.00 e. The number of rotatable bonds is 0. The van der Waals surface area contributed by atoms with Gasteiger partial charge in [-0.05, 0) is 6.16 Å². The molecule has 9 heteroatoms. The first-order valence-corrected chi connectivity index (χ1v) is 1.24. The van der Waals surface area contributed by atoms with E-state index in [1.165, 1.54) is 0 Å². The van der Waals surface area contributed by atoms with Crippen molar-refractivity contribution >= 4 is 98.9 Å². The Labute approximate surface area is 132 Å².